The molecule has 1 saturated carbocycles. The predicted molar refractivity (Wildman–Crippen MR) is 169 cm³/mol. The third-order valence-electron chi connectivity index (χ3n) is 10.3. The van der Waals surface area contributed by atoms with Gasteiger partial charge >= 0.3 is 0 Å². The molecular weight excluding hydrogens is 540 g/mol. The molecular formula is C35H48N4O4. The van der Waals surface area contributed by atoms with E-state index >= 15 is 0 Å². The Kier molecular flexibility index (Phi) is 8.97. The fourth-order valence-corrected chi connectivity index (χ4v) is 7.94. The molecule has 0 unspecified atom stereocenters. The minimum atomic E-state index is -0.311. The van der Waals surface area contributed by atoms with Gasteiger partial charge in [0, 0.05) is 66.9 Å². The zero-order chi connectivity index (χ0) is 30.9. The Morgan fingerprint density at radius 1 is 1.05 bits per heavy atom. The lowest BCUT2D eigenvalue weighted by Crippen LogP contribution is -2.74. The summed E-state index contributed by atoms with van der Waals surface area (Å²) >= 11 is 0. The van der Waals surface area contributed by atoms with E-state index in [9.17, 15) is 15.2 Å². The monoisotopic (exact) mass is 588 g/mol. The maximum Gasteiger partial charge on any atom is 0.251 e. The van der Waals surface area contributed by atoms with Gasteiger partial charge in [-0.3, -0.25) is 4.79 Å². The second-order valence-electron chi connectivity index (χ2n) is 14.1. The molecule has 8 heteroatoms. The molecule has 8 nitrogen and oxygen atoms in total. The molecule has 2 aliphatic heterocycles. The van der Waals surface area contributed by atoms with Crippen molar-refractivity contribution in [2.45, 2.75) is 72.1 Å². The number of aliphatic hydroxyl groups is 1. The van der Waals surface area contributed by atoms with Crippen LogP contribution in [0.15, 0.2) is 42.5 Å². The van der Waals surface area contributed by atoms with Crippen molar-refractivity contribution in [3.05, 3.63) is 53.6 Å². The first-order valence-electron chi connectivity index (χ1n) is 15.7. The minimum absolute atomic E-state index is 0.0741. The lowest BCUT2D eigenvalue weighted by Gasteiger charge is -2.63. The molecule has 43 heavy (non-hydrogen) atoms. The van der Waals surface area contributed by atoms with Gasteiger partial charge in [-0.2, -0.15) is 5.26 Å². The van der Waals surface area contributed by atoms with Crippen LogP contribution in [0.5, 0.6) is 11.5 Å². The van der Waals surface area contributed by atoms with Gasteiger partial charge in [-0.15, -0.1) is 0 Å². The van der Waals surface area contributed by atoms with Gasteiger partial charge in [0.25, 0.3) is 5.91 Å². The average molecular weight is 589 g/mol. The molecule has 2 aromatic carbocycles. The number of ether oxygens (including phenoxy) is 2. The van der Waals surface area contributed by atoms with Crippen LogP contribution >= 0.6 is 0 Å². The molecule has 2 atom stereocenters. The van der Waals surface area contributed by atoms with Gasteiger partial charge in [0.1, 0.15) is 23.7 Å². The molecule has 1 aliphatic carbocycles. The summed E-state index contributed by atoms with van der Waals surface area (Å²) in [5, 5.41) is 22.4. The molecule has 2 saturated heterocycles. The third kappa shape index (κ3) is 6.34. The van der Waals surface area contributed by atoms with Crippen LogP contribution in [0.3, 0.4) is 0 Å². The second-order valence-corrected chi connectivity index (χ2v) is 14.1. The fourth-order valence-electron chi connectivity index (χ4n) is 7.94. The normalized spacial score (nSPS) is 27.1. The van der Waals surface area contributed by atoms with Crippen molar-refractivity contribution in [3.63, 3.8) is 0 Å². The number of carbonyl (C=O) groups excluding carboxylic acids is 1. The van der Waals surface area contributed by atoms with Crippen molar-refractivity contribution in [1.29, 1.82) is 5.26 Å². The van der Waals surface area contributed by atoms with Crippen molar-refractivity contribution in [2.24, 2.45) is 22.7 Å². The molecule has 0 aromatic heterocycles. The summed E-state index contributed by atoms with van der Waals surface area (Å²) in [6, 6.07) is 15.3. The standard InChI is InChI=1S/C35H48N4O4/c1-23-21-39(18-13-26(23)22-38-16-14-28(40)15-17-38)27-10-7-24(8-11-27)31(41)37-32-34(2,3)33(35(32,4)5)43-29-12-9-25(20-36)30(19-29)42-6/h7-12,19,23,26,28,32-33,40H,13-18,21-22H2,1-6H3,(H,37,41)/t23-,26-,32?,33?/m0/s1. The molecule has 0 spiro atoms. The Labute approximate surface area is 257 Å². The number of nitrogens with one attached hydrogen (secondary N) is 1. The Balaban J connectivity index is 1.16. The van der Waals surface area contributed by atoms with Crippen LogP contribution in [0.2, 0.25) is 0 Å². The van der Waals surface area contributed by atoms with Crippen molar-refractivity contribution < 1.29 is 19.4 Å². The van der Waals surface area contributed by atoms with Crippen molar-refractivity contribution in [3.8, 4) is 17.6 Å². The summed E-state index contributed by atoms with van der Waals surface area (Å²) in [6.07, 6.45) is 2.68. The van der Waals surface area contributed by atoms with Gasteiger partial charge in [-0.25, -0.2) is 0 Å². The van der Waals surface area contributed by atoms with E-state index in [2.05, 4.69) is 67.9 Å². The third-order valence-corrected chi connectivity index (χ3v) is 10.3. The van der Waals surface area contributed by atoms with E-state index in [1.807, 2.05) is 12.1 Å². The number of nitrogens with zero attached hydrogens (tertiary/aromatic N) is 3. The van der Waals surface area contributed by atoms with Gasteiger partial charge in [-0.1, -0.05) is 34.6 Å². The van der Waals surface area contributed by atoms with Crippen molar-refractivity contribution in [1.82, 2.24) is 10.2 Å². The summed E-state index contributed by atoms with van der Waals surface area (Å²) in [7, 11) is 1.54. The van der Waals surface area contributed by atoms with Crippen LogP contribution in [0.4, 0.5) is 5.69 Å². The average Bonchev–Trinajstić information content (AvgIpc) is 3.00. The summed E-state index contributed by atoms with van der Waals surface area (Å²) in [5.74, 6) is 2.33. The number of carbonyl (C=O) groups is 1. The van der Waals surface area contributed by atoms with Crippen LogP contribution in [-0.4, -0.2) is 74.0 Å². The van der Waals surface area contributed by atoms with Crippen molar-refractivity contribution in [2.75, 3.05) is 44.7 Å². The molecule has 0 bridgehead atoms. The van der Waals surface area contributed by atoms with E-state index in [0.29, 0.717) is 34.5 Å². The number of likely N-dealkylation sites (tertiary alicyclic amines) is 1. The Morgan fingerprint density at radius 2 is 1.72 bits per heavy atom. The topological polar surface area (TPSA) is 98.1 Å². The highest BCUT2D eigenvalue weighted by Gasteiger charge is 2.64. The van der Waals surface area contributed by atoms with Gasteiger partial charge < -0.3 is 29.7 Å². The van der Waals surface area contributed by atoms with Gasteiger partial charge in [0.05, 0.1) is 18.8 Å². The number of rotatable bonds is 8. The largest absolute Gasteiger partial charge is 0.495 e. The molecule has 1 amide bonds. The highest BCUT2D eigenvalue weighted by atomic mass is 16.5. The Bertz CT molecular complexity index is 1310. The van der Waals surface area contributed by atoms with E-state index < -0.39 is 0 Å². The van der Waals surface area contributed by atoms with Gasteiger partial charge in [0.15, 0.2) is 0 Å². The number of benzene rings is 2. The molecule has 2 aromatic rings. The van der Waals surface area contributed by atoms with Crippen LogP contribution in [-0.2, 0) is 0 Å². The van der Waals surface area contributed by atoms with Gasteiger partial charge in [-0.05, 0) is 67.5 Å². The van der Waals surface area contributed by atoms with E-state index in [-0.39, 0.29) is 35.0 Å². The first-order chi connectivity index (χ1) is 20.4. The first kappa shape index (κ1) is 31.2. The summed E-state index contributed by atoms with van der Waals surface area (Å²) in [6.45, 7) is 16.0. The number of methoxy groups -OCH3 is 1. The molecule has 2 heterocycles. The number of anilines is 1. The number of nitriles is 1. The number of aliphatic hydroxyl groups excluding tert-OH is 1. The fraction of sp³-hybridized carbons (Fsp3) is 0.600. The molecule has 232 valence electrons. The second kappa shape index (κ2) is 12.4. The van der Waals surface area contributed by atoms with Crippen LogP contribution in [0.1, 0.15) is 69.8 Å². The summed E-state index contributed by atoms with van der Waals surface area (Å²) < 4.78 is 11.8. The maximum atomic E-state index is 13.4. The number of amides is 1. The van der Waals surface area contributed by atoms with Crippen LogP contribution in [0, 0.1) is 34.0 Å². The zero-order valence-corrected chi connectivity index (χ0v) is 26.6. The van der Waals surface area contributed by atoms with Gasteiger partial charge in [0.2, 0.25) is 0 Å². The molecule has 0 radical (unpaired) electrons. The lowest BCUT2D eigenvalue weighted by atomic mass is 9.49. The van der Waals surface area contributed by atoms with E-state index in [0.717, 1.165) is 52.0 Å². The number of piperidine rings is 2. The highest BCUT2D eigenvalue weighted by Crippen LogP contribution is 2.55. The van der Waals surface area contributed by atoms with E-state index in [4.69, 9.17) is 9.47 Å². The van der Waals surface area contributed by atoms with E-state index in [1.54, 1.807) is 25.3 Å². The highest BCUT2D eigenvalue weighted by molar-refractivity contribution is 5.95. The van der Waals surface area contributed by atoms with E-state index in [1.165, 1.54) is 5.69 Å². The number of hydrogen-bond donors (Lipinski definition) is 2. The molecule has 2 N–H and O–H groups in total. The molecule has 5 rings (SSSR count). The van der Waals surface area contributed by atoms with Crippen LogP contribution < -0.4 is 19.7 Å². The SMILES string of the molecule is COc1cc(OC2C(C)(C)C(NC(=O)c3ccc(N4CC[C@@H](CN5CCC(O)CC5)[C@@H](C)C4)cc3)C2(C)C)ccc1C#N. The molecule has 3 aliphatic rings. The number of hydrogen-bond acceptors (Lipinski definition) is 7. The Morgan fingerprint density at radius 3 is 2.33 bits per heavy atom. The summed E-state index contributed by atoms with van der Waals surface area (Å²) in [5.41, 5.74) is 1.67. The minimum Gasteiger partial charge on any atom is -0.495 e. The van der Waals surface area contributed by atoms with Crippen LogP contribution in [0.25, 0.3) is 0 Å². The first-order valence-corrected chi connectivity index (χ1v) is 15.7. The quantitative estimate of drug-likeness (QED) is 0.443. The smallest absolute Gasteiger partial charge is 0.251 e. The molecule has 3 fully saturated rings. The lowest BCUT2D eigenvalue weighted by molar-refractivity contribution is -0.164. The maximum absolute atomic E-state index is 13.4. The predicted octanol–water partition coefficient (Wildman–Crippen LogP) is 5.10. The van der Waals surface area contributed by atoms with Crippen molar-refractivity contribution >= 4 is 11.6 Å². The Hall–Kier alpha value is -3.28. The summed E-state index contributed by atoms with van der Waals surface area (Å²) in [4.78, 5) is 18.4. The zero-order valence-electron chi connectivity index (χ0n) is 26.6.